The molecule has 0 spiro atoms. The van der Waals surface area contributed by atoms with E-state index in [1.54, 1.807) is 6.07 Å². The molecule has 0 atom stereocenters. The van der Waals surface area contributed by atoms with E-state index in [-0.39, 0.29) is 11.3 Å². The van der Waals surface area contributed by atoms with Crippen molar-refractivity contribution in [2.45, 2.75) is 12.6 Å². The van der Waals surface area contributed by atoms with Gasteiger partial charge in [0.1, 0.15) is 11.4 Å². The van der Waals surface area contributed by atoms with Crippen LogP contribution in [-0.2, 0) is 12.6 Å². The molecule has 0 saturated heterocycles. The molecule has 0 aliphatic carbocycles. The molecule has 1 amide bonds. The molecule has 0 radical (unpaired) electrons. The van der Waals surface area contributed by atoms with Crippen LogP contribution in [0.4, 0.5) is 18.9 Å². The smallest absolute Gasteiger partial charge is 0.417 e. The molecule has 8 heteroatoms. The van der Waals surface area contributed by atoms with Crippen LogP contribution in [-0.4, -0.2) is 16.0 Å². The quantitative estimate of drug-likeness (QED) is 0.633. The Morgan fingerprint density at radius 1 is 1.04 bits per heavy atom. The number of hydrogen-bond donors (Lipinski definition) is 3. The summed E-state index contributed by atoms with van der Waals surface area (Å²) in [4.78, 5) is 26.1. The molecule has 1 heterocycles. The number of carbonyl (C=O) groups excluding carboxylic acids is 1. The van der Waals surface area contributed by atoms with Gasteiger partial charge in [0.2, 0.25) is 0 Å². The first-order chi connectivity index (χ1) is 13.2. The molecule has 0 fully saturated rings. The number of alkyl halides is 3. The number of benzene rings is 2. The second-order valence-corrected chi connectivity index (χ2v) is 6.10. The molecule has 0 aliphatic heterocycles. The Hall–Kier alpha value is -3.55. The van der Waals surface area contributed by atoms with Crippen molar-refractivity contribution in [3.63, 3.8) is 0 Å². The minimum Gasteiger partial charge on any atom is -0.507 e. The van der Waals surface area contributed by atoms with Crippen molar-refractivity contribution in [3.8, 4) is 5.75 Å². The summed E-state index contributed by atoms with van der Waals surface area (Å²) in [5, 5.41) is 12.1. The highest BCUT2D eigenvalue weighted by atomic mass is 19.4. The summed E-state index contributed by atoms with van der Waals surface area (Å²) in [7, 11) is 0. The molecule has 0 saturated carbocycles. The number of amides is 1. The van der Waals surface area contributed by atoms with Crippen LogP contribution in [0, 0.1) is 0 Å². The van der Waals surface area contributed by atoms with Crippen LogP contribution < -0.4 is 10.9 Å². The first-order valence-corrected chi connectivity index (χ1v) is 8.21. The maximum Gasteiger partial charge on any atom is 0.417 e. The molecule has 0 aliphatic rings. The van der Waals surface area contributed by atoms with Crippen LogP contribution >= 0.6 is 0 Å². The second-order valence-electron chi connectivity index (χ2n) is 6.10. The van der Waals surface area contributed by atoms with E-state index in [0.29, 0.717) is 24.2 Å². The SMILES string of the molecule is O=C(Nc1cc(C(F)(F)F)c[nH]c1=O)c1cc(Cc2ccccc2)ccc1O. The van der Waals surface area contributed by atoms with Crippen molar-refractivity contribution in [2.24, 2.45) is 0 Å². The molecule has 3 aromatic rings. The van der Waals surface area contributed by atoms with Gasteiger partial charge in [-0.05, 0) is 35.7 Å². The van der Waals surface area contributed by atoms with Gasteiger partial charge in [-0.3, -0.25) is 9.59 Å². The van der Waals surface area contributed by atoms with E-state index < -0.39 is 28.9 Å². The number of hydrogen-bond acceptors (Lipinski definition) is 3. The highest BCUT2D eigenvalue weighted by Gasteiger charge is 2.31. The normalized spacial score (nSPS) is 11.2. The number of rotatable bonds is 4. The lowest BCUT2D eigenvalue weighted by Crippen LogP contribution is -2.21. The minimum atomic E-state index is -4.68. The summed E-state index contributed by atoms with van der Waals surface area (Å²) in [6, 6.07) is 14.3. The van der Waals surface area contributed by atoms with Gasteiger partial charge in [0.25, 0.3) is 11.5 Å². The first-order valence-electron chi connectivity index (χ1n) is 8.21. The molecule has 0 unspecified atom stereocenters. The Balaban J connectivity index is 1.87. The standard InChI is InChI=1S/C20H15F3N2O3/c21-20(22,23)14-10-16(19(28)24-11-14)25-18(27)15-9-13(6-7-17(15)26)8-12-4-2-1-3-5-12/h1-7,9-11,26H,8H2,(H,24,28)(H,25,27). The van der Waals surface area contributed by atoms with E-state index in [4.69, 9.17) is 0 Å². The van der Waals surface area contributed by atoms with Gasteiger partial charge in [0.05, 0.1) is 11.1 Å². The van der Waals surface area contributed by atoms with Gasteiger partial charge in [-0.1, -0.05) is 36.4 Å². The Bertz CT molecular complexity index is 1060. The molecule has 28 heavy (non-hydrogen) atoms. The average Bonchev–Trinajstić information content (AvgIpc) is 2.65. The van der Waals surface area contributed by atoms with Gasteiger partial charge in [-0.25, -0.2) is 0 Å². The van der Waals surface area contributed by atoms with Crippen molar-refractivity contribution in [1.82, 2.24) is 4.98 Å². The molecule has 2 aromatic carbocycles. The largest absolute Gasteiger partial charge is 0.507 e. The zero-order valence-electron chi connectivity index (χ0n) is 14.4. The number of carbonyl (C=O) groups is 1. The van der Waals surface area contributed by atoms with E-state index in [9.17, 15) is 27.9 Å². The monoisotopic (exact) mass is 388 g/mol. The number of halogens is 3. The summed E-state index contributed by atoms with van der Waals surface area (Å²) in [6.07, 6.45) is -3.66. The van der Waals surface area contributed by atoms with E-state index in [1.807, 2.05) is 35.3 Å². The van der Waals surface area contributed by atoms with Crippen LogP contribution in [0.15, 0.2) is 65.6 Å². The lowest BCUT2D eigenvalue weighted by Gasteiger charge is -2.11. The number of nitrogens with one attached hydrogen (secondary N) is 2. The van der Waals surface area contributed by atoms with Gasteiger partial charge in [-0.15, -0.1) is 0 Å². The summed E-state index contributed by atoms with van der Waals surface area (Å²) < 4.78 is 38.4. The summed E-state index contributed by atoms with van der Waals surface area (Å²) in [5.41, 5.74) is -1.01. The zero-order valence-corrected chi connectivity index (χ0v) is 14.4. The highest BCUT2D eigenvalue weighted by molar-refractivity contribution is 6.06. The molecule has 1 aromatic heterocycles. The lowest BCUT2D eigenvalue weighted by atomic mass is 10.0. The maximum atomic E-state index is 12.8. The van der Waals surface area contributed by atoms with Crippen molar-refractivity contribution < 1.29 is 23.1 Å². The van der Waals surface area contributed by atoms with Crippen molar-refractivity contribution in [2.75, 3.05) is 5.32 Å². The van der Waals surface area contributed by atoms with E-state index in [1.165, 1.54) is 12.1 Å². The molecular weight excluding hydrogens is 373 g/mol. The van der Waals surface area contributed by atoms with E-state index in [2.05, 4.69) is 5.32 Å². The van der Waals surface area contributed by atoms with Crippen LogP contribution in [0.2, 0.25) is 0 Å². The van der Waals surface area contributed by atoms with E-state index >= 15 is 0 Å². The molecule has 5 nitrogen and oxygen atoms in total. The predicted molar refractivity (Wildman–Crippen MR) is 97.4 cm³/mol. The number of aromatic nitrogens is 1. The molecular formula is C20H15F3N2O3. The molecule has 3 N–H and O–H groups in total. The second kappa shape index (κ2) is 7.59. The van der Waals surface area contributed by atoms with Crippen molar-refractivity contribution in [1.29, 1.82) is 0 Å². The third-order valence-electron chi connectivity index (χ3n) is 4.04. The minimum absolute atomic E-state index is 0.148. The van der Waals surface area contributed by atoms with Crippen molar-refractivity contribution >= 4 is 11.6 Å². The average molecular weight is 388 g/mol. The van der Waals surface area contributed by atoms with Gasteiger partial charge in [0, 0.05) is 6.20 Å². The Morgan fingerprint density at radius 3 is 2.43 bits per heavy atom. The molecule has 144 valence electrons. The van der Waals surface area contributed by atoms with Crippen LogP contribution in [0.1, 0.15) is 27.0 Å². The third kappa shape index (κ3) is 4.40. The predicted octanol–water partition coefficient (Wildman–Crippen LogP) is 3.94. The summed E-state index contributed by atoms with van der Waals surface area (Å²) in [6.45, 7) is 0. The number of H-pyrrole nitrogens is 1. The van der Waals surface area contributed by atoms with Crippen molar-refractivity contribution in [3.05, 3.63) is 93.4 Å². The number of aromatic amines is 1. The fourth-order valence-corrected chi connectivity index (χ4v) is 2.64. The number of phenolic OH excluding ortho intramolecular Hbond substituents is 1. The summed E-state index contributed by atoms with van der Waals surface area (Å²) >= 11 is 0. The molecule has 0 bridgehead atoms. The Labute approximate surface area is 157 Å². The highest BCUT2D eigenvalue weighted by Crippen LogP contribution is 2.29. The maximum absolute atomic E-state index is 12.8. The fraction of sp³-hybridized carbons (Fsp3) is 0.100. The van der Waals surface area contributed by atoms with Crippen LogP contribution in [0.3, 0.4) is 0 Å². The molecule has 3 rings (SSSR count). The summed E-state index contributed by atoms with van der Waals surface area (Å²) in [5.74, 6) is -1.24. The Kier molecular flexibility index (Phi) is 5.21. The third-order valence-corrected chi connectivity index (χ3v) is 4.04. The van der Waals surface area contributed by atoms with E-state index in [0.717, 1.165) is 5.56 Å². The zero-order chi connectivity index (χ0) is 20.3. The first kappa shape index (κ1) is 19.2. The fourth-order valence-electron chi connectivity index (χ4n) is 2.64. The number of anilines is 1. The van der Waals surface area contributed by atoms with Gasteiger partial charge >= 0.3 is 6.18 Å². The van der Waals surface area contributed by atoms with Crippen LogP contribution in [0.25, 0.3) is 0 Å². The Morgan fingerprint density at radius 2 is 1.75 bits per heavy atom. The lowest BCUT2D eigenvalue weighted by molar-refractivity contribution is -0.137. The van der Waals surface area contributed by atoms with Gasteiger partial charge < -0.3 is 15.4 Å². The topological polar surface area (TPSA) is 82.2 Å². The van der Waals surface area contributed by atoms with Gasteiger partial charge in [0.15, 0.2) is 0 Å². The van der Waals surface area contributed by atoms with Crippen LogP contribution in [0.5, 0.6) is 5.75 Å². The number of phenols is 1. The number of aromatic hydroxyl groups is 1. The number of pyridine rings is 1. The van der Waals surface area contributed by atoms with Gasteiger partial charge in [-0.2, -0.15) is 13.2 Å².